The van der Waals surface area contributed by atoms with Crippen molar-refractivity contribution in [1.29, 1.82) is 0 Å². The van der Waals surface area contributed by atoms with Gasteiger partial charge in [0.15, 0.2) is 12.3 Å². The van der Waals surface area contributed by atoms with Gasteiger partial charge in [0.2, 0.25) is 0 Å². The fraction of sp³-hybridized carbons (Fsp3) is 0.625. The van der Waals surface area contributed by atoms with Crippen molar-refractivity contribution in [3.8, 4) is 0 Å². The number of methoxy groups -OCH3 is 1. The number of amides is 1. The van der Waals surface area contributed by atoms with Crippen molar-refractivity contribution in [2.75, 3.05) is 37.5 Å². The lowest BCUT2D eigenvalue weighted by Gasteiger charge is -2.24. The zero-order valence-corrected chi connectivity index (χ0v) is 15.4. The number of esters is 1. The summed E-state index contributed by atoms with van der Waals surface area (Å²) in [6.07, 6.45) is 1.62. The number of carbonyl (C=O) groups excluding carboxylic acids is 2. The molecule has 146 valence electrons. The molecule has 0 unspecified atom stereocenters. The Morgan fingerprint density at radius 1 is 1.27 bits per heavy atom. The second-order valence-corrected chi connectivity index (χ2v) is 5.55. The summed E-state index contributed by atoms with van der Waals surface area (Å²) < 4.78 is 11.0. The Morgan fingerprint density at radius 3 is 2.54 bits per heavy atom. The maximum Gasteiger partial charge on any atom is 0.330 e. The SMILES string of the molecule is CCCCn1c(N)c(N(CCOC)C(=O)COC(=O)CC)c(=O)[nH]c1=O. The monoisotopic (exact) mass is 370 g/mol. The number of unbranched alkanes of at least 4 members (excludes halogenated alkanes) is 1. The van der Waals surface area contributed by atoms with Crippen LogP contribution in [0.2, 0.25) is 0 Å². The van der Waals surface area contributed by atoms with Crippen LogP contribution in [0.5, 0.6) is 0 Å². The highest BCUT2D eigenvalue weighted by molar-refractivity contribution is 5.97. The Bertz CT molecular complexity index is 739. The number of nitrogens with one attached hydrogen (secondary N) is 1. The molecule has 0 atom stereocenters. The van der Waals surface area contributed by atoms with Crippen molar-refractivity contribution < 1.29 is 19.1 Å². The molecule has 1 aromatic heterocycles. The molecule has 1 aromatic rings. The maximum atomic E-state index is 12.5. The molecule has 26 heavy (non-hydrogen) atoms. The van der Waals surface area contributed by atoms with Crippen molar-refractivity contribution in [2.24, 2.45) is 0 Å². The van der Waals surface area contributed by atoms with Crippen LogP contribution in [0.15, 0.2) is 9.59 Å². The number of ether oxygens (including phenoxy) is 2. The molecule has 0 aliphatic carbocycles. The van der Waals surface area contributed by atoms with E-state index in [1.54, 1.807) is 6.92 Å². The third-order valence-electron chi connectivity index (χ3n) is 3.68. The fourth-order valence-electron chi connectivity index (χ4n) is 2.24. The molecule has 3 N–H and O–H groups in total. The summed E-state index contributed by atoms with van der Waals surface area (Å²) >= 11 is 0. The van der Waals surface area contributed by atoms with Crippen molar-refractivity contribution in [3.63, 3.8) is 0 Å². The highest BCUT2D eigenvalue weighted by Gasteiger charge is 2.24. The quantitative estimate of drug-likeness (QED) is 0.547. The van der Waals surface area contributed by atoms with Crippen LogP contribution in [0, 0.1) is 0 Å². The van der Waals surface area contributed by atoms with Crippen molar-refractivity contribution in [1.82, 2.24) is 9.55 Å². The number of rotatable bonds is 10. The number of aromatic amines is 1. The summed E-state index contributed by atoms with van der Waals surface area (Å²) in [6, 6.07) is 0. The van der Waals surface area contributed by atoms with Gasteiger partial charge in [-0.05, 0) is 6.42 Å². The van der Waals surface area contributed by atoms with Crippen LogP contribution in [0.3, 0.4) is 0 Å². The first-order chi connectivity index (χ1) is 12.4. The van der Waals surface area contributed by atoms with Crippen LogP contribution >= 0.6 is 0 Å². The largest absolute Gasteiger partial charge is 0.456 e. The molecule has 0 aromatic carbocycles. The van der Waals surface area contributed by atoms with E-state index in [9.17, 15) is 19.2 Å². The van der Waals surface area contributed by atoms with Gasteiger partial charge in [0.25, 0.3) is 11.5 Å². The summed E-state index contributed by atoms with van der Waals surface area (Å²) in [5, 5.41) is 0. The average Bonchev–Trinajstić information content (AvgIpc) is 2.61. The number of hydrogen-bond acceptors (Lipinski definition) is 7. The van der Waals surface area contributed by atoms with E-state index in [4.69, 9.17) is 15.2 Å². The number of nitrogen functional groups attached to an aromatic ring is 1. The van der Waals surface area contributed by atoms with E-state index in [1.165, 1.54) is 11.7 Å². The summed E-state index contributed by atoms with van der Waals surface area (Å²) in [7, 11) is 1.44. The van der Waals surface area contributed by atoms with E-state index >= 15 is 0 Å². The smallest absolute Gasteiger partial charge is 0.330 e. The summed E-state index contributed by atoms with van der Waals surface area (Å²) in [5.41, 5.74) is 4.44. The van der Waals surface area contributed by atoms with Crippen LogP contribution in [0.1, 0.15) is 33.1 Å². The minimum absolute atomic E-state index is 0.0122. The van der Waals surface area contributed by atoms with Gasteiger partial charge in [0.1, 0.15) is 5.82 Å². The fourth-order valence-corrected chi connectivity index (χ4v) is 2.24. The van der Waals surface area contributed by atoms with Gasteiger partial charge in [0.05, 0.1) is 6.61 Å². The van der Waals surface area contributed by atoms with Gasteiger partial charge >= 0.3 is 11.7 Å². The number of anilines is 2. The molecule has 0 spiro atoms. The predicted molar refractivity (Wildman–Crippen MR) is 96.1 cm³/mol. The molecule has 0 bridgehead atoms. The minimum Gasteiger partial charge on any atom is -0.456 e. The average molecular weight is 370 g/mol. The maximum absolute atomic E-state index is 12.5. The van der Waals surface area contributed by atoms with Crippen molar-refractivity contribution in [2.45, 2.75) is 39.7 Å². The van der Waals surface area contributed by atoms with E-state index in [0.717, 1.165) is 11.3 Å². The van der Waals surface area contributed by atoms with E-state index in [2.05, 4.69) is 4.98 Å². The Balaban J connectivity index is 3.28. The first-order valence-corrected chi connectivity index (χ1v) is 8.44. The Kier molecular flexibility index (Phi) is 8.56. The second kappa shape index (κ2) is 10.4. The molecule has 0 aliphatic heterocycles. The standard InChI is InChI=1S/C16H26N4O6/c1-4-6-7-20-14(17)13(15(23)18-16(20)24)19(8-9-25-3)11(21)10-26-12(22)5-2/h4-10,17H2,1-3H3,(H,18,23,24). The van der Waals surface area contributed by atoms with Gasteiger partial charge < -0.3 is 15.2 Å². The van der Waals surface area contributed by atoms with E-state index in [0.29, 0.717) is 13.0 Å². The lowest BCUT2D eigenvalue weighted by Crippen LogP contribution is -2.44. The van der Waals surface area contributed by atoms with Gasteiger partial charge in [-0.15, -0.1) is 0 Å². The molecule has 1 rings (SSSR count). The van der Waals surface area contributed by atoms with Gasteiger partial charge in [-0.3, -0.25) is 28.8 Å². The van der Waals surface area contributed by atoms with E-state index in [1.807, 2.05) is 6.92 Å². The first-order valence-electron chi connectivity index (χ1n) is 8.44. The van der Waals surface area contributed by atoms with Gasteiger partial charge in [-0.25, -0.2) is 4.79 Å². The molecule has 10 heteroatoms. The Morgan fingerprint density at radius 2 is 1.96 bits per heavy atom. The predicted octanol–water partition coefficient (Wildman–Crippen LogP) is -0.148. The Labute approximate surface area is 150 Å². The highest BCUT2D eigenvalue weighted by Crippen LogP contribution is 2.17. The van der Waals surface area contributed by atoms with Crippen LogP contribution in [0.25, 0.3) is 0 Å². The lowest BCUT2D eigenvalue weighted by molar-refractivity contribution is -0.147. The number of H-pyrrole nitrogens is 1. The number of nitrogens with zero attached hydrogens (tertiary/aromatic N) is 2. The molecule has 0 saturated carbocycles. The molecule has 0 saturated heterocycles. The van der Waals surface area contributed by atoms with Gasteiger partial charge in [0, 0.05) is 26.6 Å². The molecule has 1 heterocycles. The summed E-state index contributed by atoms with van der Waals surface area (Å²) in [6.45, 7) is 3.45. The molecule has 1 amide bonds. The molecule has 0 aliphatic rings. The summed E-state index contributed by atoms with van der Waals surface area (Å²) in [4.78, 5) is 51.3. The Hall–Kier alpha value is -2.62. The van der Waals surface area contributed by atoms with Gasteiger partial charge in [-0.2, -0.15) is 0 Å². The lowest BCUT2D eigenvalue weighted by atomic mass is 10.3. The molecule has 10 nitrogen and oxygen atoms in total. The van der Waals surface area contributed by atoms with Crippen LogP contribution in [0.4, 0.5) is 11.5 Å². The normalized spacial score (nSPS) is 10.6. The zero-order valence-electron chi connectivity index (χ0n) is 15.4. The van der Waals surface area contributed by atoms with E-state index < -0.39 is 29.7 Å². The minimum atomic E-state index is -0.786. The zero-order chi connectivity index (χ0) is 19.7. The van der Waals surface area contributed by atoms with Crippen LogP contribution in [-0.4, -0.2) is 48.3 Å². The molecule has 0 fully saturated rings. The topological polar surface area (TPSA) is 137 Å². The highest BCUT2D eigenvalue weighted by atomic mass is 16.5. The van der Waals surface area contributed by atoms with Gasteiger partial charge in [-0.1, -0.05) is 20.3 Å². The second-order valence-electron chi connectivity index (χ2n) is 5.55. The number of aromatic nitrogens is 2. The first kappa shape index (κ1) is 21.4. The van der Waals surface area contributed by atoms with Crippen LogP contribution < -0.4 is 21.9 Å². The summed E-state index contributed by atoms with van der Waals surface area (Å²) in [5.74, 6) is -1.29. The number of carbonyl (C=O) groups is 2. The number of nitrogens with two attached hydrogens (primary N) is 1. The third kappa shape index (κ3) is 5.45. The third-order valence-corrected chi connectivity index (χ3v) is 3.68. The van der Waals surface area contributed by atoms with Crippen molar-refractivity contribution >= 4 is 23.4 Å². The number of hydrogen-bond donors (Lipinski definition) is 2. The van der Waals surface area contributed by atoms with E-state index in [-0.39, 0.29) is 31.1 Å². The molecule has 0 radical (unpaired) electrons. The van der Waals surface area contributed by atoms with Crippen molar-refractivity contribution in [3.05, 3.63) is 20.8 Å². The van der Waals surface area contributed by atoms with Crippen LogP contribution in [-0.2, 0) is 25.6 Å². The molecular weight excluding hydrogens is 344 g/mol. The molecular formula is C16H26N4O6.